The zero-order valence-electron chi connectivity index (χ0n) is 14.1. The third-order valence-electron chi connectivity index (χ3n) is 3.99. The first kappa shape index (κ1) is 17.6. The molecule has 0 aliphatic rings. The molecule has 0 amide bonds. The summed E-state index contributed by atoms with van der Waals surface area (Å²) in [5.41, 5.74) is 2.63. The van der Waals surface area contributed by atoms with E-state index in [1.807, 2.05) is 53.1 Å². The lowest BCUT2D eigenvalue weighted by atomic mass is 10.1. The van der Waals surface area contributed by atoms with Crippen LogP contribution in [0.5, 0.6) is 5.75 Å². The fourth-order valence-electron chi connectivity index (χ4n) is 2.74. The Morgan fingerprint density at radius 3 is 2.70 bits per heavy atom. The number of rotatable bonds is 6. The monoisotopic (exact) mass is 398 g/mol. The quantitative estimate of drug-likeness (QED) is 0.500. The second kappa shape index (κ2) is 7.42. The number of fused-ring (bicyclic) bond motifs is 1. The van der Waals surface area contributed by atoms with Crippen molar-refractivity contribution in [3.63, 3.8) is 0 Å². The number of aliphatic carboxylic acids is 1. The maximum atomic E-state index is 10.8. The number of ether oxygens (including phenoxy) is 1. The molecule has 0 saturated heterocycles. The van der Waals surface area contributed by atoms with Gasteiger partial charge in [0.05, 0.1) is 17.1 Å². The second-order valence-corrected chi connectivity index (χ2v) is 7.50. The molecule has 2 aromatic carbocycles. The van der Waals surface area contributed by atoms with Gasteiger partial charge in [-0.15, -0.1) is 11.3 Å². The van der Waals surface area contributed by atoms with Crippen molar-refractivity contribution < 1.29 is 14.6 Å². The molecule has 136 valence electrons. The molecule has 0 spiro atoms. The van der Waals surface area contributed by atoms with Crippen molar-refractivity contribution in [2.45, 2.75) is 13.0 Å². The summed E-state index contributed by atoms with van der Waals surface area (Å²) < 4.78 is 7.62. The number of carboxylic acid groups (broad SMARTS) is 1. The number of carboxylic acids is 1. The number of imidazole rings is 1. The minimum atomic E-state index is -0.853. The first-order valence-electron chi connectivity index (χ1n) is 8.24. The van der Waals surface area contributed by atoms with Crippen LogP contribution < -0.4 is 4.74 Å². The van der Waals surface area contributed by atoms with E-state index in [-0.39, 0.29) is 6.42 Å². The maximum Gasteiger partial charge on any atom is 0.308 e. The van der Waals surface area contributed by atoms with Crippen LogP contribution in [0.3, 0.4) is 0 Å². The standard InChI is InChI=1S/C20H15ClN2O3S/c21-17-8-14(26-12-13-4-2-1-3-5-13)6-7-16(17)18-11-23-10-15(9-19(24)25)27-20(23)22-18/h1-8,10-11H,9,12H2,(H,24,25). The summed E-state index contributed by atoms with van der Waals surface area (Å²) in [6.07, 6.45) is 3.64. The van der Waals surface area contributed by atoms with Crippen LogP contribution in [-0.4, -0.2) is 20.5 Å². The SMILES string of the molecule is O=C(O)Cc1cn2cc(-c3ccc(OCc4ccccc4)cc3Cl)nc2s1. The lowest BCUT2D eigenvalue weighted by Crippen LogP contribution is -1.97. The van der Waals surface area contributed by atoms with Gasteiger partial charge < -0.3 is 9.84 Å². The fraction of sp³-hybridized carbons (Fsp3) is 0.100. The molecule has 0 aliphatic carbocycles. The summed E-state index contributed by atoms with van der Waals surface area (Å²) >= 11 is 7.80. The Bertz CT molecular complexity index is 1070. The smallest absolute Gasteiger partial charge is 0.308 e. The lowest BCUT2D eigenvalue weighted by molar-refractivity contribution is -0.136. The van der Waals surface area contributed by atoms with Gasteiger partial charge in [-0.1, -0.05) is 41.9 Å². The largest absolute Gasteiger partial charge is 0.489 e. The highest BCUT2D eigenvalue weighted by Crippen LogP contribution is 2.32. The molecule has 1 N–H and O–H groups in total. The van der Waals surface area contributed by atoms with Gasteiger partial charge in [-0.25, -0.2) is 4.98 Å². The summed E-state index contributed by atoms with van der Waals surface area (Å²) in [7, 11) is 0. The Morgan fingerprint density at radius 2 is 2.00 bits per heavy atom. The van der Waals surface area contributed by atoms with Crippen LogP contribution in [0.4, 0.5) is 0 Å². The Hall–Kier alpha value is -2.83. The molecule has 7 heteroatoms. The Balaban J connectivity index is 1.52. The molecule has 0 atom stereocenters. The van der Waals surface area contributed by atoms with Crippen molar-refractivity contribution in [2.75, 3.05) is 0 Å². The van der Waals surface area contributed by atoms with E-state index in [0.717, 1.165) is 26.7 Å². The van der Waals surface area contributed by atoms with Crippen LogP contribution in [0, 0.1) is 0 Å². The van der Waals surface area contributed by atoms with E-state index in [4.69, 9.17) is 21.4 Å². The molecule has 0 fully saturated rings. The van der Waals surface area contributed by atoms with E-state index in [0.29, 0.717) is 17.4 Å². The van der Waals surface area contributed by atoms with Crippen molar-refractivity contribution in [2.24, 2.45) is 0 Å². The van der Waals surface area contributed by atoms with Crippen molar-refractivity contribution in [1.29, 1.82) is 0 Å². The Labute approximate surface area is 164 Å². The van der Waals surface area contributed by atoms with Gasteiger partial charge in [0.2, 0.25) is 0 Å². The molecule has 2 aromatic heterocycles. The van der Waals surface area contributed by atoms with Gasteiger partial charge in [-0.2, -0.15) is 0 Å². The fourth-order valence-corrected chi connectivity index (χ4v) is 3.96. The molecule has 27 heavy (non-hydrogen) atoms. The average Bonchev–Trinajstić information content (AvgIpc) is 3.18. The van der Waals surface area contributed by atoms with Crippen molar-refractivity contribution in [3.8, 4) is 17.0 Å². The minimum absolute atomic E-state index is 0.00241. The third-order valence-corrected chi connectivity index (χ3v) is 5.30. The van der Waals surface area contributed by atoms with E-state index in [2.05, 4.69) is 4.98 Å². The normalized spacial score (nSPS) is 11.0. The zero-order valence-corrected chi connectivity index (χ0v) is 15.7. The van der Waals surface area contributed by atoms with Gasteiger partial charge in [-0.05, 0) is 23.8 Å². The third kappa shape index (κ3) is 3.97. The average molecular weight is 399 g/mol. The molecule has 4 aromatic rings. The molecular weight excluding hydrogens is 384 g/mol. The molecule has 0 radical (unpaired) electrons. The van der Waals surface area contributed by atoms with Crippen LogP contribution in [-0.2, 0) is 17.8 Å². The number of halogens is 1. The maximum absolute atomic E-state index is 10.8. The van der Waals surface area contributed by atoms with E-state index in [1.165, 1.54) is 11.3 Å². The molecular formula is C20H15ClN2O3S. The summed E-state index contributed by atoms with van der Waals surface area (Å²) in [6.45, 7) is 0.475. The van der Waals surface area contributed by atoms with Gasteiger partial charge in [0.1, 0.15) is 12.4 Å². The number of benzene rings is 2. The van der Waals surface area contributed by atoms with E-state index in [1.54, 1.807) is 12.3 Å². The topological polar surface area (TPSA) is 63.8 Å². The number of carbonyl (C=O) groups is 1. The van der Waals surface area contributed by atoms with Gasteiger partial charge in [0, 0.05) is 22.8 Å². The first-order valence-corrected chi connectivity index (χ1v) is 9.44. The lowest BCUT2D eigenvalue weighted by Gasteiger charge is -2.08. The van der Waals surface area contributed by atoms with Crippen LogP contribution in [0.2, 0.25) is 5.02 Å². The second-order valence-electron chi connectivity index (χ2n) is 6.00. The van der Waals surface area contributed by atoms with Gasteiger partial charge in [0.25, 0.3) is 0 Å². The zero-order chi connectivity index (χ0) is 18.8. The molecule has 0 unspecified atom stereocenters. The van der Waals surface area contributed by atoms with E-state index in [9.17, 15) is 4.79 Å². The number of hydrogen-bond donors (Lipinski definition) is 1. The number of aromatic nitrogens is 2. The summed E-state index contributed by atoms with van der Waals surface area (Å²) in [5, 5.41) is 9.44. The number of nitrogens with zero attached hydrogens (tertiary/aromatic N) is 2. The summed E-state index contributed by atoms with van der Waals surface area (Å²) in [5.74, 6) is -0.161. The minimum Gasteiger partial charge on any atom is -0.489 e. The molecule has 0 saturated carbocycles. The molecule has 5 nitrogen and oxygen atoms in total. The summed E-state index contributed by atoms with van der Waals surface area (Å²) in [6, 6.07) is 15.5. The molecule has 2 heterocycles. The molecule has 0 bridgehead atoms. The predicted octanol–water partition coefficient (Wildman–Crippen LogP) is 4.92. The van der Waals surface area contributed by atoms with E-state index >= 15 is 0 Å². The van der Waals surface area contributed by atoms with Crippen LogP contribution in [0.1, 0.15) is 10.4 Å². The Kier molecular flexibility index (Phi) is 4.83. The van der Waals surface area contributed by atoms with Gasteiger partial charge in [-0.3, -0.25) is 9.20 Å². The highest BCUT2D eigenvalue weighted by Gasteiger charge is 2.13. The van der Waals surface area contributed by atoms with E-state index < -0.39 is 5.97 Å². The predicted molar refractivity (Wildman–Crippen MR) is 106 cm³/mol. The summed E-state index contributed by atoms with van der Waals surface area (Å²) in [4.78, 5) is 16.9. The molecule has 4 rings (SSSR count). The van der Waals surface area contributed by atoms with Crippen molar-refractivity contribution in [3.05, 3.63) is 76.4 Å². The van der Waals surface area contributed by atoms with Gasteiger partial charge in [0.15, 0.2) is 4.96 Å². The highest BCUT2D eigenvalue weighted by molar-refractivity contribution is 7.17. The van der Waals surface area contributed by atoms with Gasteiger partial charge >= 0.3 is 5.97 Å². The van der Waals surface area contributed by atoms with Crippen molar-refractivity contribution in [1.82, 2.24) is 9.38 Å². The first-order chi connectivity index (χ1) is 13.1. The van der Waals surface area contributed by atoms with Crippen molar-refractivity contribution >= 4 is 33.9 Å². The number of hydrogen-bond acceptors (Lipinski definition) is 4. The van der Waals surface area contributed by atoms with Crippen LogP contribution in [0.15, 0.2) is 60.9 Å². The highest BCUT2D eigenvalue weighted by atomic mass is 35.5. The van der Waals surface area contributed by atoms with Crippen LogP contribution >= 0.6 is 22.9 Å². The van der Waals surface area contributed by atoms with Crippen LogP contribution in [0.25, 0.3) is 16.2 Å². The number of thiazole rings is 1. The molecule has 0 aliphatic heterocycles. The Morgan fingerprint density at radius 1 is 1.19 bits per heavy atom.